The second kappa shape index (κ2) is 3.57. The van der Waals surface area contributed by atoms with Crippen LogP contribution in [0.1, 0.15) is 5.76 Å². The summed E-state index contributed by atoms with van der Waals surface area (Å²) in [6, 6.07) is 3.62. The third kappa shape index (κ3) is 2.38. The van der Waals surface area contributed by atoms with Crippen molar-refractivity contribution in [3.05, 3.63) is 22.6 Å². The van der Waals surface area contributed by atoms with Crippen molar-refractivity contribution in [2.24, 2.45) is 0 Å². The van der Waals surface area contributed by atoms with E-state index in [1.165, 1.54) is 4.90 Å². The standard InChI is InChI=1S/C7H8BrNO2/c1-9(5-10)4-6-2-3-7(8)11-6/h2-3,5H,4H2,1H3. The number of rotatable bonds is 3. The number of halogens is 1. The molecule has 11 heavy (non-hydrogen) atoms. The average Bonchev–Trinajstić information content (AvgIpc) is 2.35. The second-order valence-electron chi connectivity index (χ2n) is 2.23. The predicted molar refractivity (Wildman–Crippen MR) is 43.9 cm³/mol. The Morgan fingerprint density at radius 2 is 2.45 bits per heavy atom. The minimum atomic E-state index is 0.509. The number of hydrogen-bond acceptors (Lipinski definition) is 2. The highest BCUT2D eigenvalue weighted by Gasteiger charge is 2.00. The SMILES string of the molecule is CN(C=O)Cc1ccc(Br)o1. The van der Waals surface area contributed by atoms with Gasteiger partial charge in [-0.2, -0.15) is 0 Å². The first kappa shape index (κ1) is 8.33. The van der Waals surface area contributed by atoms with Gasteiger partial charge in [0.15, 0.2) is 4.67 Å². The highest BCUT2D eigenvalue weighted by molar-refractivity contribution is 9.10. The molecule has 0 atom stereocenters. The van der Waals surface area contributed by atoms with Gasteiger partial charge in [-0.15, -0.1) is 0 Å². The van der Waals surface area contributed by atoms with E-state index in [2.05, 4.69) is 15.9 Å². The first-order valence-electron chi connectivity index (χ1n) is 3.12. The zero-order chi connectivity index (χ0) is 8.27. The zero-order valence-corrected chi connectivity index (χ0v) is 7.67. The molecule has 0 spiro atoms. The molecule has 0 bridgehead atoms. The Balaban J connectivity index is 2.57. The molecule has 1 rings (SSSR count). The van der Waals surface area contributed by atoms with Crippen LogP contribution in [-0.4, -0.2) is 18.4 Å². The van der Waals surface area contributed by atoms with Crippen molar-refractivity contribution < 1.29 is 9.21 Å². The summed E-state index contributed by atoms with van der Waals surface area (Å²) < 4.78 is 5.86. The number of carbonyl (C=O) groups excluding carboxylic acids is 1. The smallest absolute Gasteiger partial charge is 0.209 e. The number of nitrogens with zero attached hydrogens (tertiary/aromatic N) is 1. The van der Waals surface area contributed by atoms with Crippen molar-refractivity contribution in [3.63, 3.8) is 0 Å². The van der Waals surface area contributed by atoms with E-state index in [0.717, 1.165) is 12.2 Å². The van der Waals surface area contributed by atoms with Crippen LogP contribution in [0.4, 0.5) is 0 Å². The van der Waals surface area contributed by atoms with Crippen LogP contribution >= 0.6 is 15.9 Å². The molecule has 0 aromatic carbocycles. The van der Waals surface area contributed by atoms with Crippen molar-refractivity contribution in [3.8, 4) is 0 Å². The van der Waals surface area contributed by atoms with Crippen LogP contribution in [-0.2, 0) is 11.3 Å². The molecule has 1 aromatic rings. The largest absolute Gasteiger partial charge is 0.452 e. The van der Waals surface area contributed by atoms with Crippen molar-refractivity contribution in [2.75, 3.05) is 7.05 Å². The van der Waals surface area contributed by atoms with E-state index in [4.69, 9.17) is 4.42 Å². The molecule has 0 aliphatic heterocycles. The summed E-state index contributed by atoms with van der Waals surface area (Å²) in [5, 5.41) is 0. The van der Waals surface area contributed by atoms with Gasteiger partial charge in [-0.1, -0.05) is 0 Å². The van der Waals surface area contributed by atoms with Crippen molar-refractivity contribution in [2.45, 2.75) is 6.54 Å². The van der Waals surface area contributed by atoms with Gasteiger partial charge in [-0.25, -0.2) is 0 Å². The molecule has 0 fully saturated rings. The lowest BCUT2D eigenvalue weighted by atomic mass is 10.4. The lowest BCUT2D eigenvalue weighted by molar-refractivity contribution is -0.117. The zero-order valence-electron chi connectivity index (χ0n) is 6.08. The van der Waals surface area contributed by atoms with Crippen LogP contribution < -0.4 is 0 Å². The normalized spacial score (nSPS) is 9.64. The summed E-state index contributed by atoms with van der Waals surface area (Å²) in [5.41, 5.74) is 0. The molecule has 0 unspecified atom stereocenters. The third-order valence-corrected chi connectivity index (χ3v) is 1.64. The van der Waals surface area contributed by atoms with Gasteiger partial charge < -0.3 is 9.32 Å². The van der Waals surface area contributed by atoms with Gasteiger partial charge in [0.05, 0.1) is 6.54 Å². The maximum atomic E-state index is 10.2. The fraction of sp³-hybridized carbons (Fsp3) is 0.286. The predicted octanol–water partition coefficient (Wildman–Crippen LogP) is 1.63. The van der Waals surface area contributed by atoms with Crippen LogP contribution in [0.3, 0.4) is 0 Å². The molecule has 4 heteroatoms. The minimum absolute atomic E-state index is 0.509. The second-order valence-corrected chi connectivity index (χ2v) is 3.01. The van der Waals surface area contributed by atoms with E-state index in [0.29, 0.717) is 11.2 Å². The molecule has 60 valence electrons. The molecule has 1 aromatic heterocycles. The summed E-state index contributed by atoms with van der Waals surface area (Å²) in [4.78, 5) is 11.7. The lowest BCUT2D eigenvalue weighted by Crippen LogP contribution is -2.14. The van der Waals surface area contributed by atoms with Crippen LogP contribution in [0.15, 0.2) is 21.2 Å². The molecular weight excluding hydrogens is 210 g/mol. The summed E-state index contributed by atoms with van der Waals surface area (Å²) in [6.45, 7) is 0.509. The molecule has 0 saturated carbocycles. The van der Waals surface area contributed by atoms with Gasteiger partial charge in [0.1, 0.15) is 5.76 Å². The van der Waals surface area contributed by atoms with E-state index < -0.39 is 0 Å². The number of hydrogen-bond donors (Lipinski definition) is 0. The quantitative estimate of drug-likeness (QED) is 0.722. The van der Waals surface area contributed by atoms with E-state index in [1.54, 1.807) is 13.1 Å². The first-order chi connectivity index (χ1) is 5.22. The summed E-state index contributed by atoms with van der Waals surface area (Å²) in [7, 11) is 1.70. The summed E-state index contributed by atoms with van der Waals surface area (Å²) in [6.07, 6.45) is 0.760. The van der Waals surface area contributed by atoms with Gasteiger partial charge in [-0.05, 0) is 28.1 Å². The average molecular weight is 218 g/mol. The van der Waals surface area contributed by atoms with Crippen molar-refractivity contribution in [1.82, 2.24) is 4.90 Å². The van der Waals surface area contributed by atoms with Gasteiger partial charge in [0.2, 0.25) is 6.41 Å². The molecule has 0 saturated heterocycles. The molecule has 1 heterocycles. The Morgan fingerprint density at radius 3 is 2.91 bits per heavy atom. The van der Waals surface area contributed by atoms with Crippen LogP contribution in [0.2, 0.25) is 0 Å². The van der Waals surface area contributed by atoms with E-state index >= 15 is 0 Å². The lowest BCUT2D eigenvalue weighted by Gasteiger charge is -2.06. The van der Waals surface area contributed by atoms with Crippen LogP contribution in [0.25, 0.3) is 0 Å². The fourth-order valence-electron chi connectivity index (χ4n) is 0.720. The van der Waals surface area contributed by atoms with Gasteiger partial charge in [-0.3, -0.25) is 4.79 Å². The Kier molecular flexibility index (Phi) is 2.70. The molecular formula is C7H8BrNO2. The third-order valence-electron chi connectivity index (χ3n) is 1.21. The Morgan fingerprint density at radius 1 is 1.73 bits per heavy atom. The van der Waals surface area contributed by atoms with E-state index in [1.807, 2.05) is 6.07 Å². The highest BCUT2D eigenvalue weighted by Crippen LogP contribution is 2.14. The molecule has 1 amide bonds. The maximum absolute atomic E-state index is 10.2. The number of amides is 1. The van der Waals surface area contributed by atoms with Gasteiger partial charge in [0.25, 0.3) is 0 Å². The maximum Gasteiger partial charge on any atom is 0.209 e. The summed E-state index contributed by atoms with van der Waals surface area (Å²) >= 11 is 3.17. The Hall–Kier alpha value is -0.770. The fourth-order valence-corrected chi connectivity index (χ4v) is 1.06. The number of furan rings is 1. The van der Waals surface area contributed by atoms with Crippen LogP contribution in [0.5, 0.6) is 0 Å². The topological polar surface area (TPSA) is 33.5 Å². The monoisotopic (exact) mass is 217 g/mol. The van der Waals surface area contributed by atoms with Gasteiger partial charge >= 0.3 is 0 Å². The molecule has 0 radical (unpaired) electrons. The van der Waals surface area contributed by atoms with Crippen molar-refractivity contribution >= 4 is 22.3 Å². The summed E-state index contributed by atoms with van der Waals surface area (Å²) in [5.74, 6) is 0.770. The Bertz CT molecular complexity index is 246. The first-order valence-corrected chi connectivity index (χ1v) is 3.91. The highest BCUT2D eigenvalue weighted by atomic mass is 79.9. The Labute approximate surface area is 73.1 Å². The molecule has 0 aliphatic carbocycles. The van der Waals surface area contributed by atoms with E-state index in [-0.39, 0.29) is 0 Å². The van der Waals surface area contributed by atoms with Crippen LogP contribution in [0, 0.1) is 0 Å². The van der Waals surface area contributed by atoms with Crippen molar-refractivity contribution in [1.29, 1.82) is 0 Å². The number of carbonyl (C=O) groups is 1. The van der Waals surface area contributed by atoms with E-state index in [9.17, 15) is 4.79 Å². The molecule has 3 nitrogen and oxygen atoms in total. The van der Waals surface area contributed by atoms with Gasteiger partial charge in [0, 0.05) is 7.05 Å². The minimum Gasteiger partial charge on any atom is -0.452 e. The molecule has 0 aliphatic rings. The molecule has 0 N–H and O–H groups in total.